The number of nitrogens with one attached hydrogen (secondary N) is 1. The van der Waals surface area contributed by atoms with E-state index >= 15 is 0 Å². The van der Waals surface area contributed by atoms with E-state index in [1.54, 1.807) is 7.11 Å². The number of rotatable bonds is 6. The van der Waals surface area contributed by atoms with E-state index in [2.05, 4.69) is 32.2 Å². The summed E-state index contributed by atoms with van der Waals surface area (Å²) >= 11 is 3.57. The first kappa shape index (κ1) is 22.6. The van der Waals surface area contributed by atoms with Gasteiger partial charge in [0.05, 0.1) is 24.3 Å². The molecule has 0 aliphatic carbocycles. The van der Waals surface area contributed by atoms with Gasteiger partial charge in [0.15, 0.2) is 0 Å². The first-order valence-corrected chi connectivity index (χ1v) is 11.6. The minimum absolute atomic E-state index is 0.0164. The number of benzene rings is 3. The van der Waals surface area contributed by atoms with Crippen LogP contribution >= 0.6 is 15.9 Å². The van der Waals surface area contributed by atoms with Gasteiger partial charge in [-0.05, 0) is 35.9 Å². The molecule has 0 saturated carbocycles. The quantitative estimate of drug-likeness (QED) is 0.335. The molecule has 0 bridgehead atoms. The molecule has 1 unspecified atom stereocenters. The minimum atomic E-state index is -0.563. The second-order valence-corrected chi connectivity index (χ2v) is 8.85. The van der Waals surface area contributed by atoms with Crippen LogP contribution in [-0.2, 0) is 6.61 Å². The molecule has 0 amide bonds. The molecule has 1 aliphatic heterocycles. The number of fused-ring (bicyclic) bond motifs is 1. The summed E-state index contributed by atoms with van der Waals surface area (Å²) in [5.41, 5.74) is 10.5. The Kier molecular flexibility index (Phi) is 6.17. The average molecular weight is 529 g/mol. The molecule has 1 aliphatic rings. The van der Waals surface area contributed by atoms with Gasteiger partial charge in [0.1, 0.15) is 29.7 Å². The number of nitriles is 1. The summed E-state index contributed by atoms with van der Waals surface area (Å²) in [5.74, 6) is 1.10. The smallest absolute Gasteiger partial charge is 0.244 e. The molecule has 0 fully saturated rings. The SMILES string of the molecule is COc1cccc(-c2[nH]nc3c2C(c2cc(Br)ccc2OCc2ccccc2)C(C#N)=C(N)O3)c1. The summed E-state index contributed by atoms with van der Waals surface area (Å²) in [6, 6.07) is 25.5. The van der Waals surface area contributed by atoms with Gasteiger partial charge in [-0.25, -0.2) is 0 Å². The van der Waals surface area contributed by atoms with Crippen molar-refractivity contribution < 1.29 is 14.2 Å². The van der Waals surface area contributed by atoms with Gasteiger partial charge in [0, 0.05) is 15.6 Å². The lowest BCUT2D eigenvalue weighted by Crippen LogP contribution is -2.21. The van der Waals surface area contributed by atoms with E-state index in [0.717, 1.165) is 21.2 Å². The van der Waals surface area contributed by atoms with Crippen LogP contribution in [0, 0.1) is 11.3 Å². The fraction of sp³-hybridized carbons (Fsp3) is 0.111. The highest BCUT2D eigenvalue weighted by Crippen LogP contribution is 2.48. The zero-order valence-corrected chi connectivity index (χ0v) is 20.4. The first-order valence-electron chi connectivity index (χ1n) is 10.9. The van der Waals surface area contributed by atoms with Gasteiger partial charge in [-0.1, -0.05) is 58.4 Å². The van der Waals surface area contributed by atoms with Crippen LogP contribution < -0.4 is 19.9 Å². The molecule has 8 heteroatoms. The average Bonchev–Trinajstić information content (AvgIpc) is 3.31. The van der Waals surface area contributed by atoms with E-state index in [9.17, 15) is 5.26 Å². The number of hydrogen-bond acceptors (Lipinski definition) is 6. The van der Waals surface area contributed by atoms with E-state index < -0.39 is 5.92 Å². The van der Waals surface area contributed by atoms with E-state index in [4.69, 9.17) is 19.9 Å². The van der Waals surface area contributed by atoms with Crippen LogP contribution in [0.15, 0.2) is 88.7 Å². The molecule has 0 radical (unpaired) electrons. The van der Waals surface area contributed by atoms with E-state index in [0.29, 0.717) is 35.2 Å². The number of aromatic amines is 1. The fourth-order valence-corrected chi connectivity index (χ4v) is 4.55. The minimum Gasteiger partial charge on any atom is -0.497 e. The second-order valence-electron chi connectivity index (χ2n) is 7.93. The van der Waals surface area contributed by atoms with Crippen LogP contribution in [0.25, 0.3) is 11.3 Å². The van der Waals surface area contributed by atoms with Crippen molar-refractivity contribution in [3.8, 4) is 34.7 Å². The number of halogens is 1. The third-order valence-electron chi connectivity index (χ3n) is 5.82. The summed E-state index contributed by atoms with van der Waals surface area (Å²) in [6.45, 7) is 0.376. The number of aromatic nitrogens is 2. The molecule has 35 heavy (non-hydrogen) atoms. The van der Waals surface area contributed by atoms with Crippen LogP contribution in [0.5, 0.6) is 17.4 Å². The van der Waals surface area contributed by atoms with Crippen LogP contribution in [0.2, 0.25) is 0 Å². The number of nitrogens with two attached hydrogens (primary N) is 1. The van der Waals surface area contributed by atoms with Crippen molar-refractivity contribution in [2.45, 2.75) is 12.5 Å². The normalized spacial score (nSPS) is 14.6. The monoisotopic (exact) mass is 528 g/mol. The largest absolute Gasteiger partial charge is 0.497 e. The Labute approximate surface area is 210 Å². The van der Waals surface area contributed by atoms with Crippen molar-refractivity contribution in [1.29, 1.82) is 5.26 Å². The molecule has 0 spiro atoms. The Bertz CT molecular complexity index is 1460. The van der Waals surface area contributed by atoms with Gasteiger partial charge >= 0.3 is 0 Å². The van der Waals surface area contributed by atoms with Crippen molar-refractivity contribution in [3.63, 3.8) is 0 Å². The number of H-pyrrole nitrogens is 1. The third kappa shape index (κ3) is 4.34. The zero-order chi connectivity index (χ0) is 24.4. The molecule has 1 aromatic heterocycles. The summed E-state index contributed by atoms with van der Waals surface area (Å²) in [6.07, 6.45) is 0. The Morgan fingerprint density at radius 1 is 1.11 bits per heavy atom. The Hall–Kier alpha value is -4.22. The number of nitrogens with zero attached hydrogens (tertiary/aromatic N) is 2. The Balaban J connectivity index is 1.65. The van der Waals surface area contributed by atoms with Gasteiger partial charge in [-0.2, -0.15) is 5.26 Å². The van der Waals surface area contributed by atoms with E-state index in [-0.39, 0.29) is 11.5 Å². The molecule has 7 nitrogen and oxygen atoms in total. The van der Waals surface area contributed by atoms with Gasteiger partial charge in [-0.3, -0.25) is 5.10 Å². The third-order valence-corrected chi connectivity index (χ3v) is 6.31. The van der Waals surface area contributed by atoms with E-state index in [1.807, 2.05) is 72.8 Å². The van der Waals surface area contributed by atoms with Crippen LogP contribution in [0.1, 0.15) is 22.6 Å². The Morgan fingerprint density at radius 2 is 1.94 bits per heavy atom. The van der Waals surface area contributed by atoms with Gasteiger partial charge < -0.3 is 19.9 Å². The van der Waals surface area contributed by atoms with Crippen LogP contribution in [0.3, 0.4) is 0 Å². The lowest BCUT2D eigenvalue weighted by molar-refractivity contribution is 0.301. The number of ether oxygens (including phenoxy) is 3. The van der Waals surface area contributed by atoms with Gasteiger partial charge in [0.2, 0.25) is 11.8 Å². The number of methoxy groups -OCH3 is 1. The second kappa shape index (κ2) is 9.57. The maximum absolute atomic E-state index is 10.1. The molecular weight excluding hydrogens is 508 g/mol. The molecule has 3 aromatic carbocycles. The summed E-state index contributed by atoms with van der Waals surface area (Å²) in [5, 5.41) is 17.5. The Morgan fingerprint density at radius 3 is 2.71 bits per heavy atom. The number of allylic oxidation sites excluding steroid dienone is 1. The molecule has 3 N–H and O–H groups in total. The molecule has 1 atom stereocenters. The standard InChI is InChI=1S/C27H21BrN4O3/c1-33-19-9-5-8-17(12-19)25-24-23(21(14-29)26(30)35-27(24)32-31-25)20-13-18(28)10-11-22(20)34-15-16-6-3-2-4-7-16/h2-13,23H,15,30H2,1H3,(H,31,32). The summed E-state index contributed by atoms with van der Waals surface area (Å²) in [7, 11) is 1.61. The highest BCUT2D eigenvalue weighted by atomic mass is 79.9. The summed E-state index contributed by atoms with van der Waals surface area (Å²) < 4.78 is 18.2. The zero-order valence-electron chi connectivity index (χ0n) is 18.8. The number of hydrogen-bond donors (Lipinski definition) is 2. The van der Waals surface area contributed by atoms with Crippen molar-refractivity contribution in [2.75, 3.05) is 7.11 Å². The van der Waals surface area contributed by atoms with Crippen molar-refractivity contribution in [1.82, 2.24) is 10.2 Å². The molecule has 5 rings (SSSR count). The van der Waals surface area contributed by atoms with Crippen molar-refractivity contribution in [3.05, 3.63) is 105 Å². The molecular formula is C27H21BrN4O3. The van der Waals surface area contributed by atoms with Crippen LogP contribution in [0.4, 0.5) is 0 Å². The first-order chi connectivity index (χ1) is 17.1. The van der Waals surface area contributed by atoms with Gasteiger partial charge in [0.25, 0.3) is 0 Å². The van der Waals surface area contributed by atoms with Gasteiger partial charge in [-0.15, -0.1) is 5.10 Å². The molecule has 2 heterocycles. The maximum Gasteiger partial charge on any atom is 0.244 e. The predicted octanol–water partition coefficient (Wildman–Crippen LogP) is 5.64. The lowest BCUT2D eigenvalue weighted by Gasteiger charge is -2.26. The maximum atomic E-state index is 10.1. The fourth-order valence-electron chi connectivity index (χ4n) is 4.17. The molecule has 174 valence electrons. The highest BCUT2D eigenvalue weighted by molar-refractivity contribution is 9.10. The highest BCUT2D eigenvalue weighted by Gasteiger charge is 2.37. The topological polar surface area (TPSA) is 106 Å². The van der Waals surface area contributed by atoms with E-state index in [1.165, 1.54) is 0 Å². The van der Waals surface area contributed by atoms with Crippen LogP contribution in [-0.4, -0.2) is 17.3 Å². The molecule has 4 aromatic rings. The predicted molar refractivity (Wildman–Crippen MR) is 135 cm³/mol. The lowest BCUT2D eigenvalue weighted by atomic mass is 9.82. The molecule has 0 saturated heterocycles. The summed E-state index contributed by atoms with van der Waals surface area (Å²) in [4.78, 5) is 0. The van der Waals surface area contributed by atoms with Crippen molar-refractivity contribution >= 4 is 15.9 Å². The van der Waals surface area contributed by atoms with Crippen molar-refractivity contribution in [2.24, 2.45) is 5.73 Å².